The third-order valence-corrected chi connectivity index (χ3v) is 4.29. The Morgan fingerprint density at radius 3 is 2.18 bits per heavy atom. The predicted octanol–water partition coefficient (Wildman–Crippen LogP) is -2.77. The lowest BCUT2D eigenvalue weighted by Gasteiger charge is -2.28. The topological polar surface area (TPSA) is 199 Å². The van der Waals surface area contributed by atoms with E-state index < -0.39 is 66.4 Å². The molecular formula is C16H26N4O8. The number of aliphatic hydroxyl groups is 1. The molecule has 1 heterocycles. The fourth-order valence-corrected chi connectivity index (χ4v) is 2.81. The zero-order valence-electron chi connectivity index (χ0n) is 15.6. The summed E-state index contributed by atoms with van der Waals surface area (Å²) >= 11 is 0. The van der Waals surface area contributed by atoms with Crippen molar-refractivity contribution in [3.05, 3.63) is 0 Å². The van der Waals surface area contributed by atoms with E-state index in [0.29, 0.717) is 6.42 Å². The number of likely N-dealkylation sites (tertiary alicyclic amines) is 1. The number of carbonyl (C=O) groups excluding carboxylic acids is 3. The van der Waals surface area contributed by atoms with Crippen LogP contribution in [0.5, 0.6) is 0 Å². The molecule has 1 aliphatic heterocycles. The van der Waals surface area contributed by atoms with Gasteiger partial charge in [0.15, 0.2) is 0 Å². The number of nitrogens with one attached hydrogen (secondary N) is 2. The quantitative estimate of drug-likeness (QED) is 0.236. The fraction of sp³-hybridized carbons (Fsp3) is 0.688. The monoisotopic (exact) mass is 402 g/mol. The molecule has 1 rings (SSSR count). The molecule has 158 valence electrons. The molecule has 1 aliphatic rings. The summed E-state index contributed by atoms with van der Waals surface area (Å²) in [6.07, 6.45) is -1.50. The summed E-state index contributed by atoms with van der Waals surface area (Å²) in [5.74, 6) is -5.19. The van der Waals surface area contributed by atoms with Crippen molar-refractivity contribution < 1.29 is 39.3 Å². The van der Waals surface area contributed by atoms with Gasteiger partial charge < -0.3 is 36.6 Å². The van der Waals surface area contributed by atoms with Crippen LogP contribution in [0.25, 0.3) is 0 Å². The summed E-state index contributed by atoms with van der Waals surface area (Å²) in [5.41, 5.74) is 5.41. The minimum Gasteiger partial charge on any atom is -0.481 e. The SMILES string of the molecule is CC(N)C(=O)NC(C(=O)NC(CC(=O)O)C(=O)N1CCCC1C(=O)O)C(C)O. The van der Waals surface area contributed by atoms with Gasteiger partial charge in [-0.3, -0.25) is 19.2 Å². The summed E-state index contributed by atoms with van der Waals surface area (Å²) in [6, 6.07) is -5.10. The number of carboxylic acids is 2. The van der Waals surface area contributed by atoms with Crippen molar-refractivity contribution in [1.82, 2.24) is 15.5 Å². The second kappa shape index (κ2) is 9.99. The average molecular weight is 402 g/mol. The first-order valence-electron chi connectivity index (χ1n) is 8.75. The van der Waals surface area contributed by atoms with Gasteiger partial charge in [-0.15, -0.1) is 0 Å². The predicted molar refractivity (Wildman–Crippen MR) is 93.8 cm³/mol. The summed E-state index contributed by atoms with van der Waals surface area (Å²) in [5, 5.41) is 32.4. The molecule has 0 aromatic carbocycles. The van der Waals surface area contributed by atoms with Crippen LogP contribution in [0.4, 0.5) is 0 Å². The molecule has 0 spiro atoms. The van der Waals surface area contributed by atoms with E-state index in [2.05, 4.69) is 10.6 Å². The molecule has 0 bridgehead atoms. The number of hydrogen-bond acceptors (Lipinski definition) is 7. The lowest BCUT2D eigenvalue weighted by Crippen LogP contribution is -2.59. The Hall–Kier alpha value is -2.73. The number of nitrogens with zero attached hydrogens (tertiary/aromatic N) is 1. The van der Waals surface area contributed by atoms with E-state index in [9.17, 15) is 34.2 Å². The first-order valence-corrected chi connectivity index (χ1v) is 8.75. The summed E-state index contributed by atoms with van der Waals surface area (Å²) in [4.78, 5) is 60.3. The van der Waals surface area contributed by atoms with Crippen molar-refractivity contribution in [3.63, 3.8) is 0 Å². The second-order valence-corrected chi connectivity index (χ2v) is 6.70. The minimum absolute atomic E-state index is 0.114. The molecule has 0 radical (unpaired) electrons. The number of carboxylic acid groups (broad SMARTS) is 2. The van der Waals surface area contributed by atoms with Gasteiger partial charge in [-0.05, 0) is 26.7 Å². The molecule has 12 nitrogen and oxygen atoms in total. The van der Waals surface area contributed by atoms with E-state index in [1.165, 1.54) is 13.8 Å². The number of nitrogens with two attached hydrogens (primary N) is 1. The van der Waals surface area contributed by atoms with E-state index in [0.717, 1.165) is 4.90 Å². The summed E-state index contributed by atoms with van der Waals surface area (Å²) in [6.45, 7) is 2.70. The minimum atomic E-state index is -1.56. The number of amides is 3. The zero-order valence-corrected chi connectivity index (χ0v) is 15.6. The van der Waals surface area contributed by atoms with Crippen LogP contribution in [-0.2, 0) is 24.0 Å². The van der Waals surface area contributed by atoms with Gasteiger partial charge in [0.05, 0.1) is 18.6 Å². The molecule has 28 heavy (non-hydrogen) atoms. The van der Waals surface area contributed by atoms with Gasteiger partial charge in [-0.2, -0.15) is 0 Å². The average Bonchev–Trinajstić information content (AvgIpc) is 3.07. The Kier molecular flexibility index (Phi) is 8.32. The lowest BCUT2D eigenvalue weighted by molar-refractivity contribution is -0.150. The lowest BCUT2D eigenvalue weighted by atomic mass is 10.1. The Balaban J connectivity index is 2.98. The number of hydrogen-bond donors (Lipinski definition) is 6. The first-order chi connectivity index (χ1) is 13.0. The maximum Gasteiger partial charge on any atom is 0.326 e. The molecule has 0 aromatic rings. The van der Waals surface area contributed by atoms with Crippen molar-refractivity contribution in [2.75, 3.05) is 6.54 Å². The van der Waals surface area contributed by atoms with Gasteiger partial charge in [0.2, 0.25) is 17.7 Å². The molecule has 1 fully saturated rings. The van der Waals surface area contributed by atoms with E-state index in [1.54, 1.807) is 0 Å². The molecule has 3 amide bonds. The highest BCUT2D eigenvalue weighted by atomic mass is 16.4. The molecule has 0 aromatic heterocycles. The largest absolute Gasteiger partial charge is 0.481 e. The van der Waals surface area contributed by atoms with E-state index >= 15 is 0 Å². The van der Waals surface area contributed by atoms with Crippen LogP contribution in [0.1, 0.15) is 33.1 Å². The Morgan fingerprint density at radius 2 is 1.71 bits per heavy atom. The molecule has 1 saturated heterocycles. The van der Waals surface area contributed by atoms with Crippen LogP contribution in [-0.4, -0.2) is 86.7 Å². The second-order valence-electron chi connectivity index (χ2n) is 6.70. The Morgan fingerprint density at radius 1 is 1.11 bits per heavy atom. The van der Waals surface area contributed by atoms with Crippen LogP contribution in [0.3, 0.4) is 0 Å². The molecule has 5 atom stereocenters. The highest BCUT2D eigenvalue weighted by Crippen LogP contribution is 2.19. The van der Waals surface area contributed by atoms with Gasteiger partial charge >= 0.3 is 11.9 Å². The van der Waals surface area contributed by atoms with Crippen LogP contribution in [0, 0.1) is 0 Å². The Labute approximate surface area is 161 Å². The van der Waals surface area contributed by atoms with Gasteiger partial charge in [-0.1, -0.05) is 0 Å². The molecule has 5 unspecified atom stereocenters. The number of carbonyl (C=O) groups is 5. The van der Waals surface area contributed by atoms with Gasteiger partial charge in [0, 0.05) is 6.54 Å². The normalized spacial score (nSPS) is 20.6. The molecule has 0 saturated carbocycles. The van der Waals surface area contributed by atoms with Gasteiger partial charge in [-0.25, -0.2) is 4.79 Å². The van der Waals surface area contributed by atoms with Crippen molar-refractivity contribution in [3.8, 4) is 0 Å². The fourth-order valence-electron chi connectivity index (χ4n) is 2.81. The van der Waals surface area contributed by atoms with E-state index in [1.807, 2.05) is 0 Å². The van der Waals surface area contributed by atoms with Gasteiger partial charge in [0.25, 0.3) is 0 Å². The number of rotatable bonds is 9. The highest BCUT2D eigenvalue weighted by molar-refractivity contribution is 5.96. The van der Waals surface area contributed by atoms with Crippen LogP contribution in [0.2, 0.25) is 0 Å². The maximum atomic E-state index is 12.7. The summed E-state index contributed by atoms with van der Waals surface area (Å²) in [7, 11) is 0. The van der Waals surface area contributed by atoms with Crippen molar-refractivity contribution in [2.24, 2.45) is 5.73 Å². The van der Waals surface area contributed by atoms with Gasteiger partial charge in [0.1, 0.15) is 18.1 Å². The van der Waals surface area contributed by atoms with Crippen molar-refractivity contribution in [1.29, 1.82) is 0 Å². The number of aliphatic hydroxyl groups excluding tert-OH is 1. The first kappa shape index (κ1) is 23.3. The molecule has 0 aliphatic carbocycles. The Bertz CT molecular complexity index is 636. The third-order valence-electron chi connectivity index (χ3n) is 4.29. The maximum absolute atomic E-state index is 12.7. The van der Waals surface area contributed by atoms with Crippen molar-refractivity contribution >= 4 is 29.7 Å². The standard InChI is InChI=1S/C16H26N4O8/c1-7(17)13(24)19-12(8(2)21)14(25)18-9(6-11(22)23)15(26)20-5-3-4-10(20)16(27)28/h7-10,12,21H,3-6,17H2,1-2H3,(H,18,25)(H,19,24)(H,22,23)(H,27,28). The van der Waals surface area contributed by atoms with Crippen molar-refractivity contribution in [2.45, 2.75) is 63.4 Å². The van der Waals surface area contributed by atoms with E-state index in [4.69, 9.17) is 10.8 Å². The van der Waals surface area contributed by atoms with Crippen LogP contribution >= 0.6 is 0 Å². The number of aliphatic carboxylic acids is 2. The molecule has 12 heteroatoms. The summed E-state index contributed by atoms with van der Waals surface area (Å²) < 4.78 is 0. The van der Waals surface area contributed by atoms with Crippen LogP contribution in [0.15, 0.2) is 0 Å². The molecular weight excluding hydrogens is 376 g/mol. The smallest absolute Gasteiger partial charge is 0.326 e. The molecule has 7 N–H and O–H groups in total. The van der Waals surface area contributed by atoms with Crippen LogP contribution < -0.4 is 16.4 Å². The van der Waals surface area contributed by atoms with E-state index in [-0.39, 0.29) is 13.0 Å². The zero-order chi connectivity index (χ0) is 21.6. The third kappa shape index (κ3) is 6.16. The highest BCUT2D eigenvalue weighted by Gasteiger charge is 2.39.